The molecule has 3 unspecified atom stereocenters. The lowest BCUT2D eigenvalue weighted by atomic mass is 10.1. The molecule has 0 aliphatic carbocycles. The van der Waals surface area contributed by atoms with Gasteiger partial charge in [-0.3, -0.25) is 4.79 Å². The maximum absolute atomic E-state index is 12.8. The highest BCUT2D eigenvalue weighted by atomic mass is 31.2. The fourth-order valence-electron chi connectivity index (χ4n) is 4.93. The quantitative estimate of drug-likeness (QED) is 0.146. The molecule has 5 rings (SSSR count). The highest BCUT2D eigenvalue weighted by Gasteiger charge is 2.31. The summed E-state index contributed by atoms with van der Waals surface area (Å²) in [4.78, 5) is 16.9. The summed E-state index contributed by atoms with van der Waals surface area (Å²) in [6, 6.07) is 17.2. The van der Waals surface area contributed by atoms with E-state index in [-0.39, 0.29) is 18.2 Å². The maximum atomic E-state index is 12.8. The van der Waals surface area contributed by atoms with E-state index in [4.69, 9.17) is 24.3 Å². The minimum atomic E-state index is -1.70. The van der Waals surface area contributed by atoms with Crippen LogP contribution < -0.4 is 15.3 Å². The molecule has 4 atom stereocenters. The molecule has 1 aliphatic rings. The lowest BCUT2D eigenvalue weighted by Crippen LogP contribution is -2.34. The van der Waals surface area contributed by atoms with Crippen LogP contribution in [0.3, 0.4) is 0 Å². The molecule has 0 radical (unpaired) electrons. The van der Waals surface area contributed by atoms with E-state index in [1.807, 2.05) is 54.6 Å². The van der Waals surface area contributed by atoms with E-state index in [1.165, 1.54) is 6.33 Å². The van der Waals surface area contributed by atoms with Gasteiger partial charge in [-0.05, 0) is 49.3 Å². The van der Waals surface area contributed by atoms with Gasteiger partial charge in [0.25, 0.3) is 0 Å². The molecule has 1 saturated heterocycles. The molecular weight excluding hydrogens is 541 g/mol. The Morgan fingerprint density at radius 2 is 1.95 bits per heavy atom. The molecule has 2 aromatic carbocycles. The summed E-state index contributed by atoms with van der Waals surface area (Å²) in [6.07, 6.45) is 4.71. The molecule has 0 amide bonds. The zero-order valence-corrected chi connectivity index (χ0v) is 24.6. The molecule has 11 heteroatoms. The molecule has 0 spiro atoms. The third-order valence-corrected chi connectivity index (χ3v) is 8.87. The van der Waals surface area contributed by atoms with E-state index in [0.29, 0.717) is 30.7 Å². The predicted octanol–water partition coefficient (Wildman–Crippen LogP) is 5.96. The number of hydrogen-bond acceptors (Lipinski definition) is 9. The van der Waals surface area contributed by atoms with Gasteiger partial charge in [0.15, 0.2) is 5.82 Å². The lowest BCUT2D eigenvalue weighted by Gasteiger charge is -2.24. The van der Waals surface area contributed by atoms with E-state index < -0.39 is 14.6 Å². The first-order chi connectivity index (χ1) is 20.0. The molecule has 41 heavy (non-hydrogen) atoms. The molecule has 218 valence electrons. The van der Waals surface area contributed by atoms with E-state index >= 15 is 0 Å². The Bertz CT molecular complexity index is 1460. The number of aromatic nitrogens is 3. The fourth-order valence-corrected chi connectivity index (χ4v) is 6.17. The van der Waals surface area contributed by atoms with Crippen LogP contribution in [0.15, 0.2) is 60.9 Å². The van der Waals surface area contributed by atoms with Gasteiger partial charge in [-0.25, -0.2) is 14.6 Å². The van der Waals surface area contributed by atoms with E-state index in [2.05, 4.69) is 29.0 Å². The summed E-state index contributed by atoms with van der Waals surface area (Å²) in [5.74, 6) is 1.14. The second kappa shape index (κ2) is 13.6. The van der Waals surface area contributed by atoms with Crippen molar-refractivity contribution in [3.8, 4) is 5.75 Å². The average molecular weight is 580 g/mol. The minimum Gasteiger partial charge on any atom is -0.464 e. The van der Waals surface area contributed by atoms with Gasteiger partial charge in [0.1, 0.15) is 29.7 Å². The van der Waals surface area contributed by atoms with E-state index in [1.54, 1.807) is 11.4 Å². The number of esters is 1. The second-order valence-corrected chi connectivity index (χ2v) is 11.5. The fraction of sp³-hybridized carbons (Fsp3) is 0.433. The summed E-state index contributed by atoms with van der Waals surface area (Å²) < 4.78 is 26.4. The summed E-state index contributed by atoms with van der Waals surface area (Å²) in [6.45, 7) is 6.69. The van der Waals surface area contributed by atoms with Gasteiger partial charge in [0.05, 0.1) is 25.0 Å². The van der Waals surface area contributed by atoms with Crippen molar-refractivity contribution in [2.75, 3.05) is 18.9 Å². The number of nitrogens with two attached hydrogens (primary N) is 1. The molecular formula is C30H38N5O5P. The van der Waals surface area contributed by atoms with Crippen molar-refractivity contribution in [3.05, 3.63) is 66.6 Å². The number of rotatable bonds is 13. The molecule has 0 bridgehead atoms. The van der Waals surface area contributed by atoms with E-state index in [0.717, 1.165) is 47.7 Å². The summed E-state index contributed by atoms with van der Waals surface area (Å²) >= 11 is 0. The first-order valence-corrected chi connectivity index (χ1v) is 15.4. The third kappa shape index (κ3) is 6.96. The number of benzene rings is 2. The number of anilines is 1. The van der Waals surface area contributed by atoms with Crippen LogP contribution in [-0.4, -0.2) is 45.9 Å². The van der Waals surface area contributed by atoms with Gasteiger partial charge in [-0.2, -0.15) is 5.10 Å². The second-order valence-electron chi connectivity index (χ2n) is 10.3. The Hall–Kier alpha value is -3.30. The minimum absolute atomic E-state index is 0.141. The number of fused-ring (bicyclic) bond motifs is 2. The Morgan fingerprint density at radius 3 is 2.78 bits per heavy atom. The molecule has 1 aliphatic heterocycles. The topological polar surface area (TPSA) is 122 Å². The molecule has 2 aromatic heterocycles. The monoisotopic (exact) mass is 579 g/mol. The number of hydrogen-bond donors (Lipinski definition) is 2. The van der Waals surface area contributed by atoms with E-state index in [9.17, 15) is 4.79 Å². The van der Waals surface area contributed by atoms with Crippen molar-refractivity contribution in [3.63, 3.8) is 0 Å². The van der Waals surface area contributed by atoms with Crippen molar-refractivity contribution in [2.45, 2.75) is 64.7 Å². The van der Waals surface area contributed by atoms with Gasteiger partial charge >= 0.3 is 14.5 Å². The van der Waals surface area contributed by atoms with Gasteiger partial charge in [-0.1, -0.05) is 63.1 Å². The van der Waals surface area contributed by atoms with Gasteiger partial charge in [0.2, 0.25) is 0 Å². The molecule has 0 saturated carbocycles. The van der Waals surface area contributed by atoms with Crippen molar-refractivity contribution in [2.24, 2.45) is 5.92 Å². The zero-order chi connectivity index (χ0) is 28.8. The summed E-state index contributed by atoms with van der Waals surface area (Å²) in [5, 5.41) is 9.61. The number of carbonyl (C=O) groups is 1. The lowest BCUT2D eigenvalue weighted by molar-refractivity contribution is -0.146. The summed E-state index contributed by atoms with van der Waals surface area (Å²) in [5.41, 5.74) is 7.68. The van der Waals surface area contributed by atoms with Crippen molar-refractivity contribution >= 4 is 36.6 Å². The Kier molecular flexibility index (Phi) is 9.67. The Morgan fingerprint density at radius 1 is 1.15 bits per heavy atom. The van der Waals surface area contributed by atoms with Crippen LogP contribution in [0, 0.1) is 5.92 Å². The molecule has 3 heterocycles. The SMILES string of the molecule is CCC(CC)COC(=O)[C@H](C)NP(OCC1CCC(c2ccc3c(N)ncnn23)O1)Oc1cccc2ccccc12. The van der Waals surface area contributed by atoms with Crippen LogP contribution in [-0.2, 0) is 18.8 Å². The molecule has 10 nitrogen and oxygen atoms in total. The number of nitrogens with zero attached hydrogens (tertiary/aromatic N) is 3. The number of nitrogens with one attached hydrogen (secondary N) is 1. The summed E-state index contributed by atoms with van der Waals surface area (Å²) in [7, 11) is -1.70. The molecule has 1 fully saturated rings. The van der Waals surface area contributed by atoms with Crippen LogP contribution in [0.25, 0.3) is 16.3 Å². The van der Waals surface area contributed by atoms with Crippen molar-refractivity contribution in [1.82, 2.24) is 19.7 Å². The first kappa shape index (κ1) is 29.2. The highest BCUT2D eigenvalue weighted by Crippen LogP contribution is 2.41. The highest BCUT2D eigenvalue weighted by molar-refractivity contribution is 7.45. The number of ether oxygens (including phenoxy) is 2. The third-order valence-electron chi connectivity index (χ3n) is 7.53. The van der Waals surface area contributed by atoms with Crippen LogP contribution in [0.4, 0.5) is 5.82 Å². The molecule has 4 aromatic rings. The number of nitrogen functional groups attached to an aromatic ring is 1. The Labute approximate surface area is 241 Å². The number of carbonyl (C=O) groups excluding carboxylic acids is 1. The normalized spacial score (nSPS) is 18.6. The van der Waals surface area contributed by atoms with Crippen LogP contribution in [0.2, 0.25) is 0 Å². The van der Waals surface area contributed by atoms with Crippen molar-refractivity contribution in [1.29, 1.82) is 0 Å². The van der Waals surface area contributed by atoms with Gasteiger partial charge in [-0.15, -0.1) is 0 Å². The maximum Gasteiger partial charge on any atom is 0.323 e. The zero-order valence-electron chi connectivity index (χ0n) is 23.7. The molecule has 3 N–H and O–H groups in total. The van der Waals surface area contributed by atoms with Gasteiger partial charge < -0.3 is 24.3 Å². The Balaban J connectivity index is 1.25. The van der Waals surface area contributed by atoms with Gasteiger partial charge in [0, 0.05) is 5.39 Å². The van der Waals surface area contributed by atoms with Crippen molar-refractivity contribution < 1.29 is 23.3 Å². The van der Waals surface area contributed by atoms with Crippen LogP contribution >= 0.6 is 8.53 Å². The van der Waals surface area contributed by atoms with Crippen LogP contribution in [0.5, 0.6) is 5.75 Å². The van der Waals surface area contributed by atoms with Crippen LogP contribution in [0.1, 0.15) is 58.3 Å². The average Bonchev–Trinajstić information content (AvgIpc) is 3.64. The first-order valence-electron chi connectivity index (χ1n) is 14.2. The standard InChI is InChI=1S/C30H38N5O5P/c1-4-21(5-2)17-37-30(36)20(3)34-41(40-27-12-8-10-22-9-6-7-11-24(22)27)38-18-23-13-16-28(39-23)25-14-15-26-29(31)32-19-33-35(25)26/h6-12,14-15,19-21,23,28,34H,4-5,13,16-18H2,1-3H3,(H2,31,32,33)/t20-,23?,28?,41?/m0/s1. The smallest absolute Gasteiger partial charge is 0.323 e. The predicted molar refractivity (Wildman–Crippen MR) is 159 cm³/mol. The largest absolute Gasteiger partial charge is 0.464 e.